The average molecular weight is 412 g/mol. The van der Waals surface area contributed by atoms with E-state index in [2.05, 4.69) is 32.9 Å². The largest absolute Gasteiger partial charge is 0.324 e. The maximum Gasteiger partial charge on any atom is 0.248 e. The molecule has 2 aromatic carbocycles. The van der Waals surface area contributed by atoms with E-state index in [1.54, 1.807) is 19.1 Å². The Labute approximate surface area is 139 Å². The van der Waals surface area contributed by atoms with Gasteiger partial charge >= 0.3 is 0 Å². The lowest BCUT2D eigenvalue weighted by Gasteiger charge is -2.12. The lowest BCUT2D eigenvalue weighted by atomic mass is 9.99. The molecule has 3 rings (SSSR count). The van der Waals surface area contributed by atoms with E-state index in [0.717, 1.165) is 3.57 Å². The molecular weight excluding hydrogens is 401 g/mol. The monoisotopic (exact) mass is 412 g/mol. The molecule has 112 valence electrons. The van der Waals surface area contributed by atoms with Gasteiger partial charge in [-0.1, -0.05) is 6.07 Å². The van der Waals surface area contributed by atoms with Crippen LogP contribution in [0.25, 0.3) is 0 Å². The minimum absolute atomic E-state index is 0.148. The van der Waals surface area contributed by atoms with Gasteiger partial charge in [-0.25, -0.2) is 8.78 Å². The van der Waals surface area contributed by atoms with Crippen LogP contribution in [0.15, 0.2) is 41.4 Å². The summed E-state index contributed by atoms with van der Waals surface area (Å²) >= 11 is 2.10. The Kier molecular flexibility index (Phi) is 3.94. The zero-order chi connectivity index (χ0) is 15.9. The zero-order valence-corrected chi connectivity index (χ0v) is 13.7. The van der Waals surface area contributed by atoms with Gasteiger partial charge in [0.15, 0.2) is 0 Å². The summed E-state index contributed by atoms with van der Waals surface area (Å²) < 4.78 is 29.2. The van der Waals surface area contributed by atoms with Crippen molar-refractivity contribution in [3.8, 4) is 0 Å². The molecule has 0 saturated heterocycles. The number of anilines is 1. The summed E-state index contributed by atoms with van der Waals surface area (Å²) in [4.78, 5) is 16.3. The summed E-state index contributed by atoms with van der Waals surface area (Å²) in [6.45, 7) is 1.59. The number of rotatable bonds is 1. The number of nitrogens with zero attached hydrogens (tertiary/aromatic N) is 1. The third kappa shape index (κ3) is 2.63. The molecule has 0 aliphatic carbocycles. The highest BCUT2D eigenvalue weighted by Crippen LogP contribution is 2.28. The highest BCUT2D eigenvalue weighted by atomic mass is 127. The summed E-state index contributed by atoms with van der Waals surface area (Å²) in [5.41, 5.74) is 0.939. The Morgan fingerprint density at radius 2 is 1.86 bits per heavy atom. The van der Waals surface area contributed by atoms with E-state index < -0.39 is 17.7 Å². The van der Waals surface area contributed by atoms with Crippen molar-refractivity contribution in [2.45, 2.75) is 13.0 Å². The number of carbonyl (C=O) groups excluding carboxylic acids is 1. The first-order valence-electron chi connectivity index (χ1n) is 6.60. The minimum Gasteiger partial charge on any atom is -0.324 e. The molecule has 1 aliphatic heterocycles. The summed E-state index contributed by atoms with van der Waals surface area (Å²) in [6, 6.07) is 8.19. The molecular formula is C16H11F2IN2O. The van der Waals surface area contributed by atoms with Crippen molar-refractivity contribution in [3.05, 3.63) is 62.7 Å². The standard InChI is InChI=1S/C16H11F2IN2O/c1-8-16(22)21-13-6-5-9(19)7-10(13)15(20-8)14-11(17)3-2-4-12(14)18/h2-8H,1H3,(H,21,22). The first-order valence-corrected chi connectivity index (χ1v) is 7.68. The third-order valence-corrected chi connectivity index (χ3v) is 4.07. The molecule has 1 amide bonds. The van der Waals surface area contributed by atoms with Crippen molar-refractivity contribution in [2.24, 2.45) is 4.99 Å². The molecule has 1 aliphatic rings. The fourth-order valence-electron chi connectivity index (χ4n) is 2.30. The van der Waals surface area contributed by atoms with Crippen LogP contribution in [0.4, 0.5) is 14.5 Å². The number of amides is 1. The molecule has 0 aromatic heterocycles. The number of benzodiazepines with no additional fused rings is 1. The Morgan fingerprint density at radius 3 is 2.55 bits per heavy atom. The van der Waals surface area contributed by atoms with Crippen molar-refractivity contribution in [3.63, 3.8) is 0 Å². The molecule has 6 heteroatoms. The molecule has 0 spiro atoms. The van der Waals surface area contributed by atoms with Crippen LogP contribution in [0.1, 0.15) is 18.1 Å². The smallest absolute Gasteiger partial charge is 0.248 e. The van der Waals surface area contributed by atoms with Crippen LogP contribution < -0.4 is 5.32 Å². The second-order valence-corrected chi connectivity index (χ2v) is 6.18. The molecule has 1 heterocycles. The number of halogens is 3. The lowest BCUT2D eigenvalue weighted by molar-refractivity contribution is -0.116. The summed E-state index contributed by atoms with van der Waals surface area (Å²) in [5.74, 6) is -1.72. The van der Waals surface area contributed by atoms with Crippen molar-refractivity contribution in [2.75, 3.05) is 5.32 Å². The SMILES string of the molecule is CC1N=C(c2c(F)cccc2F)c2cc(I)ccc2NC1=O. The van der Waals surface area contributed by atoms with Crippen LogP contribution in [0.2, 0.25) is 0 Å². The van der Waals surface area contributed by atoms with E-state index >= 15 is 0 Å². The lowest BCUT2D eigenvalue weighted by Crippen LogP contribution is -2.22. The summed E-state index contributed by atoms with van der Waals surface area (Å²) in [7, 11) is 0. The topological polar surface area (TPSA) is 41.5 Å². The van der Waals surface area contributed by atoms with Crippen molar-refractivity contribution in [1.29, 1.82) is 0 Å². The molecule has 3 nitrogen and oxygen atoms in total. The van der Waals surface area contributed by atoms with E-state index in [4.69, 9.17) is 0 Å². The van der Waals surface area contributed by atoms with Gasteiger partial charge in [-0.2, -0.15) is 0 Å². The zero-order valence-electron chi connectivity index (χ0n) is 11.5. The maximum absolute atomic E-state index is 14.2. The minimum atomic E-state index is -0.737. The fourth-order valence-corrected chi connectivity index (χ4v) is 2.79. The molecule has 0 saturated carbocycles. The first-order chi connectivity index (χ1) is 10.5. The van der Waals surface area contributed by atoms with E-state index in [1.807, 2.05) is 6.07 Å². The highest BCUT2D eigenvalue weighted by molar-refractivity contribution is 14.1. The Balaban J connectivity index is 2.31. The van der Waals surface area contributed by atoms with Gasteiger partial charge in [0, 0.05) is 9.13 Å². The van der Waals surface area contributed by atoms with Gasteiger partial charge in [-0.05, 0) is 59.8 Å². The van der Waals surface area contributed by atoms with Gasteiger partial charge in [0.1, 0.15) is 17.7 Å². The fraction of sp³-hybridized carbons (Fsp3) is 0.125. The highest BCUT2D eigenvalue weighted by Gasteiger charge is 2.26. The number of benzene rings is 2. The summed E-state index contributed by atoms with van der Waals surface area (Å²) in [6.07, 6.45) is 0. The summed E-state index contributed by atoms with van der Waals surface area (Å²) in [5, 5.41) is 2.74. The Hall–Kier alpha value is -1.83. The van der Waals surface area contributed by atoms with Crippen molar-refractivity contribution in [1.82, 2.24) is 0 Å². The van der Waals surface area contributed by atoms with Crippen LogP contribution in [0.5, 0.6) is 0 Å². The van der Waals surface area contributed by atoms with Crippen molar-refractivity contribution >= 4 is 39.9 Å². The number of carbonyl (C=O) groups is 1. The number of aliphatic imine (C=N–C) groups is 1. The molecule has 22 heavy (non-hydrogen) atoms. The quantitative estimate of drug-likeness (QED) is 0.713. The second-order valence-electron chi connectivity index (χ2n) is 4.93. The molecule has 0 bridgehead atoms. The van der Waals surface area contributed by atoms with Gasteiger partial charge in [0.05, 0.1) is 17.0 Å². The Morgan fingerprint density at radius 1 is 1.18 bits per heavy atom. The Bertz CT molecular complexity index is 784. The van der Waals surface area contributed by atoms with Crippen LogP contribution >= 0.6 is 22.6 Å². The molecule has 2 aromatic rings. The molecule has 1 unspecified atom stereocenters. The van der Waals surface area contributed by atoms with E-state index in [9.17, 15) is 13.6 Å². The maximum atomic E-state index is 14.2. The molecule has 1 N–H and O–H groups in total. The van der Waals surface area contributed by atoms with Gasteiger partial charge in [0.2, 0.25) is 5.91 Å². The van der Waals surface area contributed by atoms with Gasteiger partial charge in [-0.15, -0.1) is 0 Å². The average Bonchev–Trinajstić information content (AvgIpc) is 2.58. The van der Waals surface area contributed by atoms with Crippen LogP contribution in [0, 0.1) is 15.2 Å². The van der Waals surface area contributed by atoms with E-state index in [0.29, 0.717) is 11.3 Å². The predicted octanol–water partition coefficient (Wildman–Crippen LogP) is 3.75. The van der Waals surface area contributed by atoms with Crippen LogP contribution in [0.3, 0.4) is 0 Å². The predicted molar refractivity (Wildman–Crippen MR) is 89.2 cm³/mol. The van der Waals surface area contributed by atoms with Crippen LogP contribution in [-0.2, 0) is 4.79 Å². The number of nitrogens with one attached hydrogen (secondary N) is 1. The van der Waals surface area contributed by atoms with E-state index in [-0.39, 0.29) is 17.2 Å². The van der Waals surface area contributed by atoms with Gasteiger partial charge in [-0.3, -0.25) is 9.79 Å². The van der Waals surface area contributed by atoms with Crippen molar-refractivity contribution < 1.29 is 13.6 Å². The van der Waals surface area contributed by atoms with Gasteiger partial charge in [0.25, 0.3) is 0 Å². The van der Waals surface area contributed by atoms with Crippen LogP contribution in [-0.4, -0.2) is 17.7 Å². The van der Waals surface area contributed by atoms with E-state index in [1.165, 1.54) is 18.2 Å². The second kappa shape index (κ2) is 5.75. The van der Waals surface area contributed by atoms with Gasteiger partial charge < -0.3 is 5.32 Å². The molecule has 1 atom stereocenters. The number of fused-ring (bicyclic) bond motifs is 1. The molecule has 0 radical (unpaired) electrons. The normalized spacial score (nSPS) is 17.4. The number of hydrogen-bond donors (Lipinski definition) is 1. The first kappa shape index (κ1) is 15.1. The molecule has 0 fully saturated rings. The third-order valence-electron chi connectivity index (χ3n) is 3.40. The number of hydrogen-bond acceptors (Lipinski definition) is 2.